The SMILES string of the molecule is Cc1nc(O)c(C(=O)C(C)C)c(=O)s1. The van der Waals surface area contributed by atoms with E-state index in [9.17, 15) is 14.7 Å². The molecule has 0 atom stereocenters. The summed E-state index contributed by atoms with van der Waals surface area (Å²) in [7, 11) is 0. The van der Waals surface area contributed by atoms with Gasteiger partial charge in [-0.1, -0.05) is 25.2 Å². The van der Waals surface area contributed by atoms with Crippen molar-refractivity contribution >= 4 is 17.1 Å². The number of aromatic nitrogens is 1. The van der Waals surface area contributed by atoms with Gasteiger partial charge in [-0.25, -0.2) is 4.98 Å². The van der Waals surface area contributed by atoms with Crippen molar-refractivity contribution in [1.82, 2.24) is 4.98 Å². The molecule has 0 saturated heterocycles. The Hall–Kier alpha value is -1.23. The summed E-state index contributed by atoms with van der Waals surface area (Å²) in [5, 5.41) is 9.82. The van der Waals surface area contributed by atoms with Crippen molar-refractivity contribution < 1.29 is 9.90 Å². The van der Waals surface area contributed by atoms with Gasteiger partial charge in [-0.05, 0) is 6.92 Å². The monoisotopic (exact) mass is 213 g/mol. The maximum absolute atomic E-state index is 11.5. The summed E-state index contributed by atoms with van der Waals surface area (Å²) in [5.41, 5.74) is -0.185. The zero-order valence-electron chi connectivity index (χ0n) is 8.20. The molecule has 14 heavy (non-hydrogen) atoms. The molecule has 1 aromatic rings. The smallest absolute Gasteiger partial charge is 0.250 e. The quantitative estimate of drug-likeness (QED) is 0.753. The van der Waals surface area contributed by atoms with Crippen molar-refractivity contribution in [3.8, 4) is 5.88 Å². The van der Waals surface area contributed by atoms with E-state index in [4.69, 9.17) is 0 Å². The molecule has 0 bridgehead atoms. The lowest BCUT2D eigenvalue weighted by atomic mass is 10.0. The molecule has 1 heterocycles. The van der Waals surface area contributed by atoms with Gasteiger partial charge in [0.1, 0.15) is 5.56 Å². The molecule has 0 amide bonds. The van der Waals surface area contributed by atoms with Gasteiger partial charge < -0.3 is 5.11 Å². The van der Waals surface area contributed by atoms with Crippen molar-refractivity contribution in [2.75, 3.05) is 0 Å². The van der Waals surface area contributed by atoms with Crippen LogP contribution in [0.25, 0.3) is 0 Å². The predicted octanol–water partition coefficient (Wildman–Crippen LogP) is 1.36. The molecular formula is C9H11NO3S. The van der Waals surface area contributed by atoms with E-state index in [1.165, 1.54) is 0 Å². The Morgan fingerprint density at radius 3 is 2.50 bits per heavy atom. The van der Waals surface area contributed by atoms with Gasteiger partial charge >= 0.3 is 0 Å². The molecule has 76 valence electrons. The number of carbonyl (C=O) groups excluding carboxylic acids is 1. The maximum Gasteiger partial charge on any atom is 0.250 e. The number of hydrogen-bond acceptors (Lipinski definition) is 5. The van der Waals surface area contributed by atoms with Crippen LogP contribution in [0.2, 0.25) is 0 Å². The normalized spacial score (nSPS) is 10.6. The molecule has 0 fully saturated rings. The minimum atomic E-state index is -0.454. The Morgan fingerprint density at radius 2 is 2.07 bits per heavy atom. The average molecular weight is 213 g/mol. The fourth-order valence-corrected chi connectivity index (χ4v) is 1.70. The largest absolute Gasteiger partial charge is 0.493 e. The first-order valence-corrected chi connectivity index (χ1v) is 5.00. The summed E-state index contributed by atoms with van der Waals surface area (Å²) in [4.78, 5) is 26.6. The second-order valence-electron chi connectivity index (χ2n) is 3.24. The molecule has 4 nitrogen and oxygen atoms in total. The van der Waals surface area contributed by atoms with E-state index in [0.717, 1.165) is 11.3 Å². The minimum absolute atomic E-state index is 0.185. The lowest BCUT2D eigenvalue weighted by Crippen LogP contribution is -2.17. The van der Waals surface area contributed by atoms with Gasteiger partial charge in [0, 0.05) is 5.92 Å². The Labute approximate surface area is 85.2 Å². The molecule has 0 unspecified atom stereocenters. The fourth-order valence-electron chi connectivity index (χ4n) is 1.00. The maximum atomic E-state index is 11.5. The molecule has 0 radical (unpaired) electrons. The number of rotatable bonds is 2. The molecule has 0 saturated carbocycles. The molecule has 0 aromatic carbocycles. The molecule has 5 heteroatoms. The summed E-state index contributed by atoms with van der Waals surface area (Å²) < 4.78 is -0.422. The van der Waals surface area contributed by atoms with E-state index in [2.05, 4.69) is 4.98 Å². The van der Waals surface area contributed by atoms with Crippen LogP contribution in [0.5, 0.6) is 5.88 Å². The second-order valence-corrected chi connectivity index (χ2v) is 4.40. The van der Waals surface area contributed by atoms with Crippen LogP contribution < -0.4 is 4.74 Å². The second kappa shape index (κ2) is 3.88. The van der Waals surface area contributed by atoms with Gasteiger partial charge in [-0.15, -0.1) is 0 Å². The number of aromatic hydroxyl groups is 1. The Kier molecular flexibility index (Phi) is 3.00. The first-order valence-electron chi connectivity index (χ1n) is 4.18. The van der Waals surface area contributed by atoms with Gasteiger partial charge in [0.2, 0.25) is 10.6 Å². The van der Waals surface area contributed by atoms with Crippen LogP contribution in [0.15, 0.2) is 4.79 Å². The minimum Gasteiger partial charge on any atom is -0.493 e. The molecule has 0 aliphatic carbocycles. The van der Waals surface area contributed by atoms with Crippen LogP contribution >= 0.6 is 11.3 Å². The summed E-state index contributed by atoms with van der Waals surface area (Å²) in [6, 6.07) is 0. The van der Waals surface area contributed by atoms with Crippen LogP contribution in [-0.4, -0.2) is 15.9 Å². The van der Waals surface area contributed by atoms with Crippen LogP contribution in [-0.2, 0) is 0 Å². The van der Waals surface area contributed by atoms with Crippen molar-refractivity contribution in [2.45, 2.75) is 20.8 Å². The third-order valence-corrected chi connectivity index (χ3v) is 2.48. The van der Waals surface area contributed by atoms with Gasteiger partial charge in [0.25, 0.3) is 0 Å². The van der Waals surface area contributed by atoms with Gasteiger partial charge in [-0.3, -0.25) is 9.59 Å². The van der Waals surface area contributed by atoms with Crippen molar-refractivity contribution in [3.63, 3.8) is 0 Å². The highest BCUT2D eigenvalue weighted by molar-refractivity contribution is 7.09. The van der Waals surface area contributed by atoms with E-state index in [1.54, 1.807) is 20.8 Å². The zero-order valence-corrected chi connectivity index (χ0v) is 9.01. The lowest BCUT2D eigenvalue weighted by Gasteiger charge is -2.04. The van der Waals surface area contributed by atoms with Crippen LogP contribution in [0, 0.1) is 12.8 Å². The molecule has 1 rings (SSSR count). The number of carbonyl (C=O) groups is 1. The van der Waals surface area contributed by atoms with E-state index in [0.29, 0.717) is 5.01 Å². The number of nitrogens with zero attached hydrogens (tertiary/aromatic N) is 1. The molecule has 0 aliphatic heterocycles. The fraction of sp³-hybridized carbons (Fsp3) is 0.444. The highest BCUT2D eigenvalue weighted by Crippen LogP contribution is 2.16. The Balaban J connectivity index is 3.36. The summed E-state index contributed by atoms with van der Waals surface area (Å²) >= 11 is 0.871. The topological polar surface area (TPSA) is 67.3 Å². The Bertz CT molecular complexity index is 423. The van der Waals surface area contributed by atoms with Crippen molar-refractivity contribution in [1.29, 1.82) is 0 Å². The van der Waals surface area contributed by atoms with Crippen molar-refractivity contribution in [2.24, 2.45) is 5.92 Å². The molecule has 0 spiro atoms. The number of aryl methyl sites for hydroxylation is 1. The summed E-state index contributed by atoms with van der Waals surface area (Å²) in [6.07, 6.45) is 0. The van der Waals surface area contributed by atoms with Gasteiger partial charge in [-0.2, -0.15) is 0 Å². The third kappa shape index (κ3) is 1.98. The first kappa shape index (κ1) is 10.8. The van der Waals surface area contributed by atoms with Crippen LogP contribution in [0.3, 0.4) is 0 Å². The molecule has 1 N–H and O–H groups in total. The van der Waals surface area contributed by atoms with Gasteiger partial charge in [0.15, 0.2) is 5.78 Å². The zero-order chi connectivity index (χ0) is 10.9. The third-order valence-electron chi connectivity index (χ3n) is 1.70. The van der Waals surface area contributed by atoms with E-state index >= 15 is 0 Å². The van der Waals surface area contributed by atoms with Crippen LogP contribution in [0.4, 0.5) is 0 Å². The molecule has 0 aliphatic rings. The Morgan fingerprint density at radius 1 is 1.50 bits per heavy atom. The van der Waals surface area contributed by atoms with E-state index in [-0.39, 0.29) is 17.3 Å². The van der Waals surface area contributed by atoms with Gasteiger partial charge in [0.05, 0.1) is 5.01 Å². The standard InChI is InChI=1S/C9H11NO3S/c1-4(2)7(11)6-8(12)10-5(3)14-9(6)13/h4,12H,1-3H3. The number of hydrogen-bond donors (Lipinski definition) is 1. The highest BCUT2D eigenvalue weighted by Gasteiger charge is 2.20. The van der Waals surface area contributed by atoms with E-state index in [1.807, 2.05) is 0 Å². The number of Topliss-reactive ketones (excluding diaryl/α,β-unsaturated/α-hetero) is 1. The van der Waals surface area contributed by atoms with E-state index < -0.39 is 10.6 Å². The summed E-state index contributed by atoms with van der Waals surface area (Å²) in [5.74, 6) is -1.13. The van der Waals surface area contributed by atoms with Crippen molar-refractivity contribution in [3.05, 3.63) is 20.1 Å². The van der Waals surface area contributed by atoms with Crippen LogP contribution in [0.1, 0.15) is 29.2 Å². The molecular weight excluding hydrogens is 202 g/mol. The molecule has 1 aromatic heterocycles. The predicted molar refractivity (Wildman–Crippen MR) is 54.0 cm³/mol. The lowest BCUT2D eigenvalue weighted by molar-refractivity contribution is 0.0935. The highest BCUT2D eigenvalue weighted by atomic mass is 32.1. The number of ketones is 1. The summed E-state index contributed by atoms with van der Waals surface area (Å²) in [6.45, 7) is 4.95. The average Bonchev–Trinajstić information content (AvgIpc) is 2.01. The first-order chi connectivity index (χ1) is 6.43.